The molecule has 0 unspecified atom stereocenters. The molecule has 0 atom stereocenters. The summed E-state index contributed by atoms with van der Waals surface area (Å²) in [4.78, 5) is 15.7. The van der Waals surface area contributed by atoms with Gasteiger partial charge < -0.3 is 4.74 Å². The van der Waals surface area contributed by atoms with Gasteiger partial charge in [-0.05, 0) is 25.1 Å². The molecule has 0 saturated heterocycles. The number of carbonyl (C=O) groups excluding carboxylic acids is 1. The normalized spacial score (nSPS) is 10.4. The number of nitrogen functional groups attached to an aromatic ring is 1. The van der Waals surface area contributed by atoms with Gasteiger partial charge in [-0.15, -0.1) is 0 Å². The maximum atomic E-state index is 11.5. The number of hydrogen-bond donors (Lipinski definition) is 2. The molecule has 0 bridgehead atoms. The van der Waals surface area contributed by atoms with Crippen LogP contribution in [0.1, 0.15) is 17.3 Å². The fourth-order valence-electron chi connectivity index (χ4n) is 1.33. The molecule has 84 valence electrons. The van der Waals surface area contributed by atoms with E-state index in [1.54, 1.807) is 25.1 Å². The summed E-state index contributed by atoms with van der Waals surface area (Å²) in [7, 11) is 0. The number of nitrogens with zero attached hydrogens (tertiary/aromatic N) is 1. The van der Waals surface area contributed by atoms with E-state index >= 15 is 0 Å². The summed E-state index contributed by atoms with van der Waals surface area (Å²) in [6, 6.07) is 5.23. The van der Waals surface area contributed by atoms with Gasteiger partial charge in [0, 0.05) is 0 Å². The molecule has 0 spiro atoms. The number of nitrogens with one attached hydrogen (secondary N) is 1. The summed E-state index contributed by atoms with van der Waals surface area (Å²) in [5.41, 5.74) is 3.82. The minimum absolute atomic E-state index is 0.319. The largest absolute Gasteiger partial charge is 0.462 e. The number of benzene rings is 1. The van der Waals surface area contributed by atoms with Gasteiger partial charge in [0.25, 0.3) is 0 Å². The molecule has 16 heavy (non-hydrogen) atoms. The van der Waals surface area contributed by atoms with Crippen LogP contribution in [-0.2, 0) is 4.74 Å². The second-order valence-corrected chi connectivity index (χ2v) is 4.10. The molecule has 0 aliphatic carbocycles. The van der Waals surface area contributed by atoms with Gasteiger partial charge in [0.15, 0.2) is 5.13 Å². The molecule has 6 heteroatoms. The first-order chi connectivity index (χ1) is 7.74. The van der Waals surface area contributed by atoms with Crippen LogP contribution in [0.4, 0.5) is 5.13 Å². The van der Waals surface area contributed by atoms with Crippen molar-refractivity contribution in [3.05, 3.63) is 23.8 Å². The van der Waals surface area contributed by atoms with Gasteiger partial charge in [-0.3, -0.25) is 5.43 Å². The average molecular weight is 237 g/mol. The maximum Gasteiger partial charge on any atom is 0.338 e. The van der Waals surface area contributed by atoms with Crippen molar-refractivity contribution in [2.75, 3.05) is 12.0 Å². The summed E-state index contributed by atoms with van der Waals surface area (Å²) >= 11 is 1.39. The Labute approximate surface area is 96.2 Å². The molecule has 2 rings (SSSR count). The molecule has 0 fully saturated rings. The van der Waals surface area contributed by atoms with E-state index in [9.17, 15) is 4.79 Å². The Bertz CT molecular complexity index is 524. The van der Waals surface area contributed by atoms with Gasteiger partial charge in [0.05, 0.1) is 22.4 Å². The number of rotatable bonds is 3. The summed E-state index contributed by atoms with van der Waals surface area (Å²) in [6.45, 7) is 2.15. The number of ether oxygens (including phenoxy) is 1. The Hall–Kier alpha value is -1.66. The summed E-state index contributed by atoms with van der Waals surface area (Å²) < 4.78 is 5.82. The predicted octanol–water partition coefficient (Wildman–Crippen LogP) is 1.76. The predicted molar refractivity (Wildman–Crippen MR) is 63.4 cm³/mol. The van der Waals surface area contributed by atoms with Crippen LogP contribution in [0.25, 0.3) is 10.2 Å². The number of hydrazine groups is 1. The van der Waals surface area contributed by atoms with Crippen molar-refractivity contribution in [1.29, 1.82) is 0 Å². The third-order valence-electron chi connectivity index (χ3n) is 2.02. The highest BCUT2D eigenvalue weighted by Gasteiger charge is 2.09. The standard InChI is InChI=1S/C10H11N3O2S/c1-2-15-9(14)6-3-4-7-8(5-6)16-10(12-7)13-11/h3-5H,2,11H2,1H3,(H,12,13). The highest BCUT2D eigenvalue weighted by atomic mass is 32.1. The van der Waals surface area contributed by atoms with Crippen molar-refractivity contribution < 1.29 is 9.53 Å². The first kappa shape index (κ1) is 10.8. The van der Waals surface area contributed by atoms with Crippen molar-refractivity contribution in [3.63, 3.8) is 0 Å². The Balaban J connectivity index is 2.39. The molecule has 0 aliphatic rings. The van der Waals surface area contributed by atoms with E-state index in [2.05, 4.69) is 10.4 Å². The molecule has 0 amide bonds. The SMILES string of the molecule is CCOC(=O)c1ccc2nc(NN)sc2c1. The van der Waals surface area contributed by atoms with Gasteiger partial charge in [0.2, 0.25) is 0 Å². The number of esters is 1. The molecule has 0 aliphatic heterocycles. The molecule has 1 aromatic heterocycles. The molecular formula is C10H11N3O2S. The van der Waals surface area contributed by atoms with Crippen LogP contribution in [-0.4, -0.2) is 17.6 Å². The Kier molecular flexibility index (Phi) is 3.02. The smallest absolute Gasteiger partial charge is 0.338 e. The van der Waals surface area contributed by atoms with Crippen molar-refractivity contribution in [1.82, 2.24) is 4.98 Å². The van der Waals surface area contributed by atoms with Crippen LogP contribution in [0.15, 0.2) is 18.2 Å². The van der Waals surface area contributed by atoms with Gasteiger partial charge in [-0.25, -0.2) is 15.6 Å². The lowest BCUT2D eigenvalue weighted by atomic mass is 10.2. The van der Waals surface area contributed by atoms with Crippen molar-refractivity contribution >= 4 is 32.7 Å². The number of carbonyl (C=O) groups is 1. The second-order valence-electron chi connectivity index (χ2n) is 3.07. The number of fused-ring (bicyclic) bond motifs is 1. The molecule has 2 aromatic rings. The Morgan fingerprint density at radius 1 is 1.62 bits per heavy atom. The first-order valence-corrected chi connectivity index (χ1v) is 5.60. The summed E-state index contributed by atoms with van der Waals surface area (Å²) in [5.74, 6) is 4.95. The van der Waals surface area contributed by atoms with Gasteiger partial charge >= 0.3 is 5.97 Å². The van der Waals surface area contributed by atoms with Crippen LogP contribution in [0.2, 0.25) is 0 Å². The molecule has 3 N–H and O–H groups in total. The van der Waals surface area contributed by atoms with E-state index in [1.165, 1.54) is 11.3 Å². The second kappa shape index (κ2) is 4.46. The van der Waals surface area contributed by atoms with Crippen molar-refractivity contribution in [2.24, 2.45) is 5.84 Å². The minimum Gasteiger partial charge on any atom is -0.462 e. The fourth-order valence-corrected chi connectivity index (χ4v) is 2.14. The van der Waals surface area contributed by atoms with Crippen LogP contribution >= 0.6 is 11.3 Å². The van der Waals surface area contributed by atoms with E-state index < -0.39 is 0 Å². The third kappa shape index (κ3) is 1.98. The minimum atomic E-state index is -0.319. The molecular weight excluding hydrogens is 226 g/mol. The van der Waals surface area contributed by atoms with E-state index in [0.29, 0.717) is 17.3 Å². The summed E-state index contributed by atoms with van der Waals surface area (Å²) in [5, 5.41) is 0.621. The molecule has 5 nitrogen and oxygen atoms in total. The Morgan fingerprint density at radius 2 is 2.44 bits per heavy atom. The number of hydrogen-bond acceptors (Lipinski definition) is 6. The zero-order chi connectivity index (χ0) is 11.5. The number of anilines is 1. The van der Waals surface area contributed by atoms with Gasteiger partial charge in [-0.2, -0.15) is 0 Å². The summed E-state index contributed by atoms with van der Waals surface area (Å²) in [6.07, 6.45) is 0. The highest BCUT2D eigenvalue weighted by Crippen LogP contribution is 2.26. The number of thiazole rings is 1. The van der Waals surface area contributed by atoms with Crippen molar-refractivity contribution in [2.45, 2.75) is 6.92 Å². The van der Waals surface area contributed by atoms with Crippen LogP contribution in [0, 0.1) is 0 Å². The maximum absolute atomic E-state index is 11.5. The van der Waals surface area contributed by atoms with Crippen molar-refractivity contribution in [3.8, 4) is 0 Å². The van der Waals surface area contributed by atoms with E-state index in [-0.39, 0.29) is 5.97 Å². The zero-order valence-electron chi connectivity index (χ0n) is 8.69. The quantitative estimate of drug-likeness (QED) is 0.483. The molecule has 0 saturated carbocycles. The first-order valence-electron chi connectivity index (χ1n) is 4.79. The van der Waals surface area contributed by atoms with Crippen LogP contribution < -0.4 is 11.3 Å². The van der Waals surface area contributed by atoms with E-state index in [1.807, 2.05) is 0 Å². The van der Waals surface area contributed by atoms with Crippen LogP contribution in [0.5, 0.6) is 0 Å². The lowest BCUT2D eigenvalue weighted by Crippen LogP contribution is -2.05. The lowest BCUT2D eigenvalue weighted by Gasteiger charge is -2.00. The molecule has 0 radical (unpaired) electrons. The molecule has 1 aromatic carbocycles. The topological polar surface area (TPSA) is 77.2 Å². The van der Waals surface area contributed by atoms with Gasteiger partial charge in [-0.1, -0.05) is 11.3 Å². The van der Waals surface area contributed by atoms with E-state index in [0.717, 1.165) is 10.2 Å². The third-order valence-corrected chi connectivity index (χ3v) is 2.97. The molecule has 1 heterocycles. The van der Waals surface area contributed by atoms with Crippen LogP contribution in [0.3, 0.4) is 0 Å². The monoisotopic (exact) mass is 237 g/mol. The lowest BCUT2D eigenvalue weighted by molar-refractivity contribution is 0.0526. The Morgan fingerprint density at radius 3 is 3.12 bits per heavy atom. The fraction of sp³-hybridized carbons (Fsp3) is 0.200. The number of nitrogens with two attached hydrogens (primary N) is 1. The number of aromatic nitrogens is 1. The highest BCUT2D eigenvalue weighted by molar-refractivity contribution is 7.22. The zero-order valence-corrected chi connectivity index (χ0v) is 9.50. The average Bonchev–Trinajstić information content (AvgIpc) is 2.70. The van der Waals surface area contributed by atoms with E-state index in [4.69, 9.17) is 10.6 Å². The van der Waals surface area contributed by atoms with Gasteiger partial charge in [0.1, 0.15) is 0 Å².